The van der Waals surface area contributed by atoms with Crippen LogP contribution in [0.5, 0.6) is 11.5 Å². The molecule has 0 amide bonds. The van der Waals surface area contributed by atoms with Crippen LogP contribution in [0.25, 0.3) is 0 Å². The van der Waals surface area contributed by atoms with E-state index in [4.69, 9.17) is 19.9 Å². The van der Waals surface area contributed by atoms with Gasteiger partial charge in [0, 0.05) is 26.2 Å². The smallest absolute Gasteiger partial charge is 0.161 e. The van der Waals surface area contributed by atoms with Crippen LogP contribution in [0, 0.1) is 0 Å². The average Bonchev–Trinajstić information content (AvgIpc) is 2.45. The van der Waals surface area contributed by atoms with Gasteiger partial charge in [-0.05, 0) is 24.1 Å². The number of hydrogen-bond acceptors (Lipinski definition) is 5. The summed E-state index contributed by atoms with van der Waals surface area (Å²) in [5.74, 6) is 1.35. The van der Waals surface area contributed by atoms with Gasteiger partial charge in [-0.1, -0.05) is 6.07 Å². The largest absolute Gasteiger partial charge is 0.486 e. The number of hydrogen-bond donors (Lipinski definition) is 2. The van der Waals surface area contributed by atoms with Crippen LogP contribution in [0.3, 0.4) is 0 Å². The van der Waals surface area contributed by atoms with E-state index in [0.29, 0.717) is 32.8 Å². The van der Waals surface area contributed by atoms with Crippen molar-refractivity contribution in [2.75, 3.05) is 33.5 Å². The third kappa shape index (κ3) is 3.37. The van der Waals surface area contributed by atoms with Crippen molar-refractivity contribution in [1.82, 2.24) is 0 Å². The highest BCUT2D eigenvalue weighted by atomic mass is 16.6. The zero-order valence-corrected chi connectivity index (χ0v) is 11.2. The Kier molecular flexibility index (Phi) is 5.01. The molecule has 2 rings (SSSR count). The molecule has 0 spiro atoms. The van der Waals surface area contributed by atoms with Crippen LogP contribution in [-0.2, 0) is 4.74 Å². The summed E-state index contributed by atoms with van der Waals surface area (Å²) in [7, 11) is 1.62. The van der Waals surface area contributed by atoms with Gasteiger partial charge in [-0.15, -0.1) is 0 Å². The molecule has 1 aliphatic rings. The van der Waals surface area contributed by atoms with Crippen molar-refractivity contribution in [3.05, 3.63) is 23.8 Å². The maximum absolute atomic E-state index is 10.2. The van der Waals surface area contributed by atoms with Gasteiger partial charge in [0.15, 0.2) is 11.5 Å². The standard InChI is InChI=1S/C14H21NO4/c1-17-5-4-12(16)11(9-15)10-2-3-13-14(8-10)19-7-6-18-13/h2-3,8,11-12,16H,4-7,9,15H2,1H3. The first-order valence-electron chi connectivity index (χ1n) is 6.53. The zero-order valence-electron chi connectivity index (χ0n) is 11.2. The summed E-state index contributed by atoms with van der Waals surface area (Å²) < 4.78 is 16.0. The molecule has 0 saturated carbocycles. The maximum Gasteiger partial charge on any atom is 0.161 e. The van der Waals surface area contributed by atoms with Gasteiger partial charge in [0.1, 0.15) is 13.2 Å². The first-order chi connectivity index (χ1) is 9.26. The summed E-state index contributed by atoms with van der Waals surface area (Å²) in [6, 6.07) is 5.71. The Morgan fingerprint density at radius 3 is 2.74 bits per heavy atom. The van der Waals surface area contributed by atoms with Crippen molar-refractivity contribution < 1.29 is 19.3 Å². The molecule has 0 aliphatic carbocycles. The Morgan fingerprint density at radius 2 is 2.05 bits per heavy atom. The van der Waals surface area contributed by atoms with Crippen LogP contribution in [0.2, 0.25) is 0 Å². The summed E-state index contributed by atoms with van der Waals surface area (Å²) in [5.41, 5.74) is 6.75. The van der Waals surface area contributed by atoms with Crippen LogP contribution in [0.15, 0.2) is 18.2 Å². The highest BCUT2D eigenvalue weighted by molar-refractivity contribution is 5.45. The lowest BCUT2D eigenvalue weighted by Gasteiger charge is -2.24. The second-order valence-corrected chi connectivity index (χ2v) is 4.59. The van der Waals surface area contributed by atoms with Gasteiger partial charge in [-0.2, -0.15) is 0 Å². The highest BCUT2D eigenvalue weighted by Crippen LogP contribution is 2.34. The molecule has 0 aromatic heterocycles. The topological polar surface area (TPSA) is 73.9 Å². The van der Waals surface area contributed by atoms with Crippen LogP contribution in [0.4, 0.5) is 0 Å². The number of ether oxygens (including phenoxy) is 3. The minimum Gasteiger partial charge on any atom is -0.486 e. The molecule has 19 heavy (non-hydrogen) atoms. The van der Waals surface area contributed by atoms with E-state index >= 15 is 0 Å². The fourth-order valence-electron chi connectivity index (χ4n) is 2.25. The Morgan fingerprint density at radius 1 is 1.32 bits per heavy atom. The molecule has 3 N–H and O–H groups in total. The van der Waals surface area contributed by atoms with E-state index < -0.39 is 6.10 Å². The fourth-order valence-corrected chi connectivity index (χ4v) is 2.25. The number of benzene rings is 1. The predicted octanol–water partition coefficient (Wildman–Crippen LogP) is 0.897. The van der Waals surface area contributed by atoms with Crippen molar-refractivity contribution in [1.29, 1.82) is 0 Å². The minimum absolute atomic E-state index is 0.119. The fraction of sp³-hybridized carbons (Fsp3) is 0.571. The number of aliphatic hydroxyl groups is 1. The molecule has 0 bridgehead atoms. The Bertz CT molecular complexity index is 410. The first kappa shape index (κ1) is 14.1. The minimum atomic E-state index is -0.521. The van der Waals surface area contributed by atoms with Crippen LogP contribution in [-0.4, -0.2) is 44.7 Å². The Hall–Kier alpha value is -1.30. The van der Waals surface area contributed by atoms with Gasteiger partial charge in [-0.25, -0.2) is 0 Å². The molecule has 1 aromatic carbocycles. The van der Waals surface area contributed by atoms with E-state index in [-0.39, 0.29) is 5.92 Å². The summed E-state index contributed by atoms with van der Waals surface area (Å²) in [5, 5.41) is 10.2. The van der Waals surface area contributed by atoms with Gasteiger partial charge in [-0.3, -0.25) is 0 Å². The van der Waals surface area contributed by atoms with Crippen LogP contribution >= 0.6 is 0 Å². The van der Waals surface area contributed by atoms with E-state index in [9.17, 15) is 5.11 Å². The van der Waals surface area contributed by atoms with Gasteiger partial charge in [0.25, 0.3) is 0 Å². The molecule has 5 nitrogen and oxygen atoms in total. The van der Waals surface area contributed by atoms with Crippen LogP contribution < -0.4 is 15.2 Å². The van der Waals surface area contributed by atoms with Crippen LogP contribution in [0.1, 0.15) is 17.9 Å². The maximum atomic E-state index is 10.2. The van der Waals surface area contributed by atoms with Crippen molar-refractivity contribution in [2.24, 2.45) is 5.73 Å². The van der Waals surface area contributed by atoms with Crippen molar-refractivity contribution in [2.45, 2.75) is 18.4 Å². The predicted molar refractivity (Wildman–Crippen MR) is 71.7 cm³/mol. The van der Waals surface area contributed by atoms with E-state index in [1.807, 2.05) is 18.2 Å². The molecule has 0 saturated heterocycles. The van der Waals surface area contributed by atoms with Crippen molar-refractivity contribution >= 4 is 0 Å². The lowest BCUT2D eigenvalue weighted by atomic mass is 9.91. The summed E-state index contributed by atoms with van der Waals surface area (Å²) in [6.07, 6.45) is 0.0415. The molecular weight excluding hydrogens is 246 g/mol. The number of fused-ring (bicyclic) bond motifs is 1. The van der Waals surface area contributed by atoms with Gasteiger partial charge < -0.3 is 25.1 Å². The quantitative estimate of drug-likeness (QED) is 0.801. The summed E-state index contributed by atoms with van der Waals surface area (Å²) in [6.45, 7) is 2.02. The first-order valence-corrected chi connectivity index (χ1v) is 6.53. The highest BCUT2D eigenvalue weighted by Gasteiger charge is 2.22. The number of methoxy groups -OCH3 is 1. The Balaban J connectivity index is 2.13. The lowest BCUT2D eigenvalue weighted by molar-refractivity contribution is 0.0918. The van der Waals surface area contributed by atoms with Crippen molar-refractivity contribution in [3.63, 3.8) is 0 Å². The van der Waals surface area contributed by atoms with E-state index in [2.05, 4.69) is 0 Å². The number of aliphatic hydroxyl groups excluding tert-OH is 1. The molecule has 1 heterocycles. The molecule has 0 radical (unpaired) electrons. The molecule has 5 heteroatoms. The zero-order chi connectivity index (χ0) is 13.7. The number of nitrogens with two attached hydrogens (primary N) is 1. The lowest BCUT2D eigenvalue weighted by Crippen LogP contribution is -2.27. The van der Waals surface area contributed by atoms with Gasteiger partial charge >= 0.3 is 0 Å². The average molecular weight is 267 g/mol. The van der Waals surface area contributed by atoms with E-state index in [1.165, 1.54) is 0 Å². The molecule has 2 atom stereocenters. The van der Waals surface area contributed by atoms with Gasteiger partial charge in [0.05, 0.1) is 6.10 Å². The molecule has 2 unspecified atom stereocenters. The molecular formula is C14H21NO4. The second kappa shape index (κ2) is 6.75. The SMILES string of the molecule is COCCC(O)C(CN)c1ccc2c(c1)OCCO2. The Labute approximate surface area is 113 Å². The summed E-state index contributed by atoms with van der Waals surface area (Å²) >= 11 is 0. The van der Waals surface area contributed by atoms with E-state index in [1.54, 1.807) is 7.11 Å². The normalized spacial score (nSPS) is 17.0. The molecule has 1 aromatic rings. The molecule has 1 aliphatic heterocycles. The third-order valence-electron chi connectivity index (χ3n) is 3.33. The third-order valence-corrected chi connectivity index (χ3v) is 3.33. The monoisotopic (exact) mass is 267 g/mol. The van der Waals surface area contributed by atoms with Crippen molar-refractivity contribution in [3.8, 4) is 11.5 Å². The van der Waals surface area contributed by atoms with E-state index in [0.717, 1.165) is 17.1 Å². The van der Waals surface area contributed by atoms with Gasteiger partial charge in [0.2, 0.25) is 0 Å². The number of rotatable bonds is 6. The summed E-state index contributed by atoms with van der Waals surface area (Å²) in [4.78, 5) is 0. The molecule has 106 valence electrons. The second-order valence-electron chi connectivity index (χ2n) is 4.59. The molecule has 0 fully saturated rings.